The molecule has 0 saturated carbocycles. The van der Waals surface area contributed by atoms with E-state index in [1.165, 1.54) is 6.20 Å². The number of amides is 1. The Kier molecular flexibility index (Phi) is 6.29. The van der Waals surface area contributed by atoms with Crippen LogP contribution in [0.4, 0.5) is 0 Å². The summed E-state index contributed by atoms with van der Waals surface area (Å²) in [6.45, 7) is 6.08. The normalized spacial score (nSPS) is 12.3. The van der Waals surface area contributed by atoms with E-state index in [0.29, 0.717) is 17.9 Å². The lowest BCUT2D eigenvalue weighted by Gasteiger charge is -2.11. The number of nitrogens with one attached hydrogen (secondary N) is 1. The number of aliphatic hydroxyl groups is 1. The first-order valence-electron chi connectivity index (χ1n) is 6.62. The first-order valence-corrected chi connectivity index (χ1v) is 6.62. The van der Waals surface area contributed by atoms with Gasteiger partial charge in [0.25, 0.3) is 5.91 Å². The summed E-state index contributed by atoms with van der Waals surface area (Å²) >= 11 is 0. The molecular formula is C14H22N2O3. The summed E-state index contributed by atoms with van der Waals surface area (Å²) in [7, 11) is 0. The molecule has 1 unspecified atom stereocenters. The van der Waals surface area contributed by atoms with Crippen LogP contribution >= 0.6 is 0 Å². The Morgan fingerprint density at radius 2 is 2.21 bits per heavy atom. The molecule has 5 heteroatoms. The summed E-state index contributed by atoms with van der Waals surface area (Å²) in [6, 6.07) is 3.32. The molecule has 19 heavy (non-hydrogen) atoms. The van der Waals surface area contributed by atoms with E-state index < -0.39 is 6.10 Å². The Balaban J connectivity index is 2.48. The van der Waals surface area contributed by atoms with Gasteiger partial charge in [-0.25, -0.2) is 4.98 Å². The standard InChI is InChI=1S/C14H22N2O3/c1-4-5-12(17)9-16-14(18)11-6-7-13(15-8-11)19-10(2)3/h6-8,10,12,17H,4-5,9H2,1-3H3,(H,16,18). The second-order valence-electron chi connectivity index (χ2n) is 4.70. The van der Waals surface area contributed by atoms with Crippen molar-refractivity contribution in [3.8, 4) is 5.88 Å². The fourth-order valence-electron chi connectivity index (χ4n) is 1.57. The molecule has 1 rings (SSSR count). The van der Waals surface area contributed by atoms with Crippen molar-refractivity contribution in [3.05, 3.63) is 23.9 Å². The molecule has 1 heterocycles. The molecule has 1 aromatic heterocycles. The molecule has 0 aromatic carbocycles. The number of carbonyl (C=O) groups excluding carboxylic acids is 1. The molecule has 2 N–H and O–H groups in total. The van der Waals surface area contributed by atoms with Crippen LogP contribution in [0.5, 0.6) is 5.88 Å². The van der Waals surface area contributed by atoms with Crippen molar-refractivity contribution in [1.82, 2.24) is 10.3 Å². The number of rotatable bonds is 7. The molecule has 0 fully saturated rings. The number of hydrogen-bond donors (Lipinski definition) is 2. The van der Waals surface area contributed by atoms with Crippen LogP contribution in [-0.4, -0.2) is 34.8 Å². The van der Waals surface area contributed by atoms with E-state index in [2.05, 4.69) is 10.3 Å². The number of nitrogens with zero attached hydrogens (tertiary/aromatic N) is 1. The number of aliphatic hydroxyl groups excluding tert-OH is 1. The van der Waals surface area contributed by atoms with Gasteiger partial charge < -0.3 is 15.2 Å². The minimum atomic E-state index is -0.495. The van der Waals surface area contributed by atoms with Gasteiger partial charge in [0.15, 0.2) is 0 Å². The van der Waals surface area contributed by atoms with Crippen molar-refractivity contribution in [3.63, 3.8) is 0 Å². The third-order valence-electron chi connectivity index (χ3n) is 2.48. The largest absolute Gasteiger partial charge is 0.475 e. The first kappa shape index (κ1) is 15.4. The van der Waals surface area contributed by atoms with Crippen LogP contribution in [-0.2, 0) is 0 Å². The van der Waals surface area contributed by atoms with Crippen LogP contribution in [0.1, 0.15) is 44.0 Å². The van der Waals surface area contributed by atoms with Crippen molar-refractivity contribution in [1.29, 1.82) is 0 Å². The second-order valence-corrected chi connectivity index (χ2v) is 4.70. The molecular weight excluding hydrogens is 244 g/mol. The zero-order valence-electron chi connectivity index (χ0n) is 11.7. The highest BCUT2D eigenvalue weighted by molar-refractivity contribution is 5.93. The number of hydrogen-bond acceptors (Lipinski definition) is 4. The molecule has 1 aromatic rings. The molecule has 1 amide bonds. The summed E-state index contributed by atoms with van der Waals surface area (Å²) < 4.78 is 5.40. The predicted octanol–water partition coefficient (Wildman–Crippen LogP) is 1.76. The molecule has 1 atom stereocenters. The summed E-state index contributed by atoms with van der Waals surface area (Å²) in [5.74, 6) is 0.260. The summed E-state index contributed by atoms with van der Waals surface area (Å²) in [5, 5.41) is 12.2. The fraction of sp³-hybridized carbons (Fsp3) is 0.571. The molecule has 0 bridgehead atoms. The van der Waals surface area contributed by atoms with E-state index >= 15 is 0 Å². The number of carbonyl (C=O) groups is 1. The van der Waals surface area contributed by atoms with E-state index in [1.807, 2.05) is 20.8 Å². The topological polar surface area (TPSA) is 71.5 Å². The van der Waals surface area contributed by atoms with Gasteiger partial charge in [-0.05, 0) is 26.3 Å². The Labute approximate surface area is 114 Å². The average Bonchev–Trinajstić information content (AvgIpc) is 2.36. The predicted molar refractivity (Wildman–Crippen MR) is 73.2 cm³/mol. The average molecular weight is 266 g/mol. The number of ether oxygens (including phenoxy) is 1. The third-order valence-corrected chi connectivity index (χ3v) is 2.48. The van der Waals surface area contributed by atoms with Crippen LogP contribution in [0.15, 0.2) is 18.3 Å². The zero-order chi connectivity index (χ0) is 14.3. The lowest BCUT2D eigenvalue weighted by molar-refractivity contribution is 0.0909. The molecule has 0 aliphatic rings. The van der Waals surface area contributed by atoms with Crippen LogP contribution in [0.2, 0.25) is 0 Å². The van der Waals surface area contributed by atoms with Crippen LogP contribution in [0.3, 0.4) is 0 Å². The number of pyridine rings is 1. The lowest BCUT2D eigenvalue weighted by Crippen LogP contribution is -2.32. The van der Waals surface area contributed by atoms with Crippen LogP contribution < -0.4 is 10.1 Å². The van der Waals surface area contributed by atoms with Crippen molar-refractivity contribution >= 4 is 5.91 Å². The molecule has 0 saturated heterocycles. The summed E-state index contributed by atoms with van der Waals surface area (Å²) in [4.78, 5) is 15.8. The van der Waals surface area contributed by atoms with Crippen molar-refractivity contribution in [2.24, 2.45) is 0 Å². The van der Waals surface area contributed by atoms with E-state index in [9.17, 15) is 9.90 Å². The van der Waals surface area contributed by atoms with Gasteiger partial charge in [-0.2, -0.15) is 0 Å². The maximum absolute atomic E-state index is 11.8. The van der Waals surface area contributed by atoms with Gasteiger partial charge >= 0.3 is 0 Å². The first-order chi connectivity index (χ1) is 9.02. The molecule has 0 radical (unpaired) electrons. The highest BCUT2D eigenvalue weighted by Gasteiger charge is 2.09. The molecule has 0 spiro atoms. The Morgan fingerprint density at radius 3 is 2.74 bits per heavy atom. The van der Waals surface area contributed by atoms with E-state index in [0.717, 1.165) is 6.42 Å². The Bertz CT molecular complexity index is 390. The third kappa shape index (κ3) is 5.70. The van der Waals surface area contributed by atoms with Crippen molar-refractivity contribution in [2.45, 2.75) is 45.8 Å². The molecule has 5 nitrogen and oxygen atoms in total. The van der Waals surface area contributed by atoms with Crippen LogP contribution in [0, 0.1) is 0 Å². The van der Waals surface area contributed by atoms with E-state index in [-0.39, 0.29) is 18.6 Å². The molecule has 0 aliphatic carbocycles. The lowest BCUT2D eigenvalue weighted by atomic mass is 10.2. The fourth-order valence-corrected chi connectivity index (χ4v) is 1.57. The maximum atomic E-state index is 11.8. The minimum absolute atomic E-state index is 0.0522. The zero-order valence-corrected chi connectivity index (χ0v) is 11.7. The van der Waals surface area contributed by atoms with Gasteiger partial charge in [-0.1, -0.05) is 13.3 Å². The number of aromatic nitrogens is 1. The van der Waals surface area contributed by atoms with Gasteiger partial charge in [0.05, 0.1) is 17.8 Å². The summed E-state index contributed by atoms with van der Waals surface area (Å²) in [5.41, 5.74) is 0.458. The molecule has 106 valence electrons. The van der Waals surface area contributed by atoms with Gasteiger partial charge in [-0.3, -0.25) is 4.79 Å². The van der Waals surface area contributed by atoms with E-state index in [1.54, 1.807) is 12.1 Å². The maximum Gasteiger partial charge on any atom is 0.252 e. The van der Waals surface area contributed by atoms with E-state index in [4.69, 9.17) is 4.74 Å². The molecule has 0 aliphatic heterocycles. The Hall–Kier alpha value is -1.62. The highest BCUT2D eigenvalue weighted by Crippen LogP contribution is 2.09. The monoisotopic (exact) mass is 266 g/mol. The van der Waals surface area contributed by atoms with Crippen LogP contribution in [0.25, 0.3) is 0 Å². The SMILES string of the molecule is CCCC(O)CNC(=O)c1ccc(OC(C)C)nc1. The van der Waals surface area contributed by atoms with Gasteiger partial charge in [-0.15, -0.1) is 0 Å². The summed E-state index contributed by atoms with van der Waals surface area (Å²) in [6.07, 6.45) is 2.60. The highest BCUT2D eigenvalue weighted by atomic mass is 16.5. The van der Waals surface area contributed by atoms with Crippen molar-refractivity contribution < 1.29 is 14.6 Å². The van der Waals surface area contributed by atoms with Gasteiger partial charge in [0.2, 0.25) is 5.88 Å². The minimum Gasteiger partial charge on any atom is -0.475 e. The van der Waals surface area contributed by atoms with Gasteiger partial charge in [0.1, 0.15) is 0 Å². The quantitative estimate of drug-likeness (QED) is 0.789. The smallest absolute Gasteiger partial charge is 0.252 e. The second kappa shape index (κ2) is 7.74. The van der Waals surface area contributed by atoms with Gasteiger partial charge in [0, 0.05) is 18.8 Å². The van der Waals surface area contributed by atoms with Crippen molar-refractivity contribution in [2.75, 3.05) is 6.54 Å². The Morgan fingerprint density at radius 1 is 1.47 bits per heavy atom.